The molecule has 0 aromatic carbocycles. The van der Waals surface area contributed by atoms with E-state index in [9.17, 15) is 4.79 Å². The summed E-state index contributed by atoms with van der Waals surface area (Å²) in [6.07, 6.45) is 4.12. The van der Waals surface area contributed by atoms with Crippen LogP contribution in [-0.2, 0) is 0 Å². The van der Waals surface area contributed by atoms with Crippen LogP contribution in [0.2, 0.25) is 0 Å². The molecule has 0 bridgehead atoms. The van der Waals surface area contributed by atoms with Crippen molar-refractivity contribution in [2.24, 2.45) is 0 Å². The fourth-order valence-electron chi connectivity index (χ4n) is 3.13. The molecule has 0 saturated carbocycles. The first-order valence-corrected chi connectivity index (χ1v) is 7.75. The molecule has 0 N–H and O–H groups in total. The minimum Gasteiger partial charge on any atom is -0.361 e. The highest BCUT2D eigenvalue weighted by Gasteiger charge is 2.32. The van der Waals surface area contributed by atoms with Crippen LogP contribution in [0.25, 0.3) is 0 Å². The van der Waals surface area contributed by atoms with E-state index in [1.165, 1.54) is 0 Å². The summed E-state index contributed by atoms with van der Waals surface area (Å²) in [5, 5.41) is 8.03. The fraction of sp³-hybridized carbons (Fsp3) is 0.562. The van der Waals surface area contributed by atoms with Gasteiger partial charge in [-0.3, -0.25) is 4.79 Å². The van der Waals surface area contributed by atoms with Crippen molar-refractivity contribution in [2.75, 3.05) is 6.54 Å². The largest absolute Gasteiger partial charge is 0.361 e. The van der Waals surface area contributed by atoms with Gasteiger partial charge in [-0.15, -0.1) is 0 Å². The lowest BCUT2D eigenvalue weighted by molar-refractivity contribution is 0.0671. The predicted octanol–water partition coefficient (Wildman–Crippen LogP) is 3.35. The molecule has 6 nitrogen and oxygen atoms in total. The summed E-state index contributed by atoms with van der Waals surface area (Å²) in [7, 11) is 0. The first kappa shape index (κ1) is 14.8. The topological polar surface area (TPSA) is 72.4 Å². The first-order chi connectivity index (χ1) is 10.6. The van der Waals surface area contributed by atoms with Gasteiger partial charge >= 0.3 is 0 Å². The Kier molecular flexibility index (Phi) is 4.00. The third-order valence-electron chi connectivity index (χ3n) is 4.25. The highest BCUT2D eigenvalue weighted by Crippen LogP contribution is 2.32. The molecule has 0 unspecified atom stereocenters. The summed E-state index contributed by atoms with van der Waals surface area (Å²) in [5.74, 6) is 1.31. The zero-order valence-corrected chi connectivity index (χ0v) is 13.3. The zero-order valence-electron chi connectivity index (χ0n) is 13.3. The second kappa shape index (κ2) is 5.94. The second-order valence-electron chi connectivity index (χ2n) is 5.93. The molecule has 0 radical (unpaired) electrons. The van der Waals surface area contributed by atoms with E-state index in [4.69, 9.17) is 9.05 Å². The average Bonchev–Trinajstić information content (AvgIpc) is 2.96. The highest BCUT2D eigenvalue weighted by atomic mass is 16.5. The van der Waals surface area contributed by atoms with E-state index in [1.54, 1.807) is 13.8 Å². The van der Waals surface area contributed by atoms with E-state index in [0.717, 1.165) is 43.7 Å². The Bertz CT molecular complexity index is 654. The molecule has 3 rings (SSSR count). The molecule has 2 aromatic rings. The number of aryl methyl sites for hydroxylation is 3. The van der Waals surface area contributed by atoms with Crippen molar-refractivity contribution < 1.29 is 13.8 Å². The highest BCUT2D eigenvalue weighted by molar-refractivity contribution is 5.96. The molecule has 1 amide bonds. The van der Waals surface area contributed by atoms with Crippen molar-refractivity contribution in [3.05, 3.63) is 34.5 Å². The smallest absolute Gasteiger partial charge is 0.259 e. The van der Waals surface area contributed by atoms with Crippen LogP contribution in [-0.4, -0.2) is 27.7 Å². The lowest BCUT2D eigenvalue weighted by Gasteiger charge is -2.28. The molecule has 1 atom stereocenters. The van der Waals surface area contributed by atoms with E-state index in [-0.39, 0.29) is 11.9 Å². The quantitative estimate of drug-likeness (QED) is 0.850. The van der Waals surface area contributed by atoms with Crippen molar-refractivity contribution in [3.8, 4) is 0 Å². The molecule has 1 aliphatic rings. The predicted molar refractivity (Wildman–Crippen MR) is 79.5 cm³/mol. The van der Waals surface area contributed by atoms with Crippen LogP contribution in [0, 0.1) is 20.8 Å². The molecular formula is C16H21N3O3. The van der Waals surface area contributed by atoms with Crippen molar-refractivity contribution >= 4 is 5.91 Å². The van der Waals surface area contributed by atoms with E-state index in [1.807, 2.05) is 17.9 Å². The van der Waals surface area contributed by atoms with E-state index in [2.05, 4.69) is 10.3 Å². The van der Waals surface area contributed by atoms with Crippen LogP contribution < -0.4 is 0 Å². The van der Waals surface area contributed by atoms with Gasteiger partial charge in [0.15, 0.2) is 0 Å². The van der Waals surface area contributed by atoms with E-state index >= 15 is 0 Å². The number of carbonyl (C=O) groups excluding carboxylic acids is 1. The van der Waals surface area contributed by atoms with Crippen molar-refractivity contribution in [2.45, 2.75) is 52.5 Å². The molecular weight excluding hydrogens is 282 g/mol. The van der Waals surface area contributed by atoms with Gasteiger partial charge in [-0.1, -0.05) is 23.2 Å². The lowest BCUT2D eigenvalue weighted by atomic mass is 10.0. The molecule has 1 aliphatic heterocycles. The van der Waals surface area contributed by atoms with E-state index < -0.39 is 0 Å². The van der Waals surface area contributed by atoms with Gasteiger partial charge in [0.05, 0.1) is 11.7 Å². The van der Waals surface area contributed by atoms with Gasteiger partial charge in [0.1, 0.15) is 22.8 Å². The van der Waals surface area contributed by atoms with Gasteiger partial charge in [0.2, 0.25) is 0 Å². The monoisotopic (exact) mass is 303 g/mol. The molecule has 2 aromatic heterocycles. The van der Waals surface area contributed by atoms with Crippen molar-refractivity contribution in [1.82, 2.24) is 15.2 Å². The summed E-state index contributed by atoms with van der Waals surface area (Å²) in [5.41, 5.74) is 2.05. The Labute approximate surface area is 129 Å². The maximum atomic E-state index is 13.0. The van der Waals surface area contributed by atoms with Gasteiger partial charge in [-0.05, 0) is 33.6 Å². The number of likely N-dealkylation sites (tertiary alicyclic amines) is 1. The second-order valence-corrected chi connectivity index (χ2v) is 5.93. The number of rotatable bonds is 2. The van der Waals surface area contributed by atoms with Crippen LogP contribution in [0.4, 0.5) is 0 Å². The van der Waals surface area contributed by atoms with E-state index in [0.29, 0.717) is 17.0 Å². The van der Waals surface area contributed by atoms with Crippen LogP contribution in [0.5, 0.6) is 0 Å². The van der Waals surface area contributed by atoms with Gasteiger partial charge in [0, 0.05) is 12.6 Å². The Morgan fingerprint density at radius 1 is 1.18 bits per heavy atom. The molecule has 118 valence electrons. The third-order valence-corrected chi connectivity index (χ3v) is 4.25. The summed E-state index contributed by atoms with van der Waals surface area (Å²) in [6.45, 7) is 6.17. The number of hydrogen-bond acceptors (Lipinski definition) is 5. The molecule has 6 heteroatoms. The average molecular weight is 303 g/mol. The van der Waals surface area contributed by atoms with Gasteiger partial charge in [-0.25, -0.2) is 0 Å². The minimum atomic E-state index is -0.0406. The Hall–Kier alpha value is -2.11. The van der Waals surface area contributed by atoms with Gasteiger partial charge in [0.25, 0.3) is 5.91 Å². The molecule has 0 spiro atoms. The molecule has 3 heterocycles. The Morgan fingerprint density at radius 2 is 2.00 bits per heavy atom. The lowest BCUT2D eigenvalue weighted by Crippen LogP contribution is -2.35. The van der Waals surface area contributed by atoms with Crippen molar-refractivity contribution in [1.29, 1.82) is 0 Å². The summed E-state index contributed by atoms with van der Waals surface area (Å²) in [4.78, 5) is 14.9. The number of nitrogens with zero attached hydrogens (tertiary/aromatic N) is 3. The molecule has 22 heavy (non-hydrogen) atoms. The standard InChI is InChI=1S/C16H21N3O3/c1-10-9-13(18-21-10)14-7-5-4-6-8-19(14)16(20)15-11(2)17-22-12(15)3/h9,14H,4-8H2,1-3H3/t14-/m0/s1. The Balaban J connectivity index is 1.95. The zero-order chi connectivity index (χ0) is 15.7. The van der Waals surface area contributed by atoms with Crippen LogP contribution in [0.1, 0.15) is 65.0 Å². The third kappa shape index (κ3) is 2.65. The van der Waals surface area contributed by atoms with Crippen LogP contribution >= 0.6 is 0 Å². The van der Waals surface area contributed by atoms with Crippen LogP contribution in [0.3, 0.4) is 0 Å². The summed E-state index contributed by atoms with van der Waals surface area (Å²) < 4.78 is 10.4. The molecule has 1 fully saturated rings. The van der Waals surface area contributed by atoms with Crippen molar-refractivity contribution in [3.63, 3.8) is 0 Å². The number of carbonyl (C=O) groups is 1. The summed E-state index contributed by atoms with van der Waals surface area (Å²) >= 11 is 0. The first-order valence-electron chi connectivity index (χ1n) is 7.75. The maximum Gasteiger partial charge on any atom is 0.259 e. The minimum absolute atomic E-state index is 0.0243. The number of hydrogen-bond donors (Lipinski definition) is 0. The number of amides is 1. The fourth-order valence-corrected chi connectivity index (χ4v) is 3.13. The maximum absolute atomic E-state index is 13.0. The van der Waals surface area contributed by atoms with Gasteiger partial charge < -0.3 is 13.9 Å². The Morgan fingerprint density at radius 3 is 2.64 bits per heavy atom. The molecule has 1 saturated heterocycles. The van der Waals surface area contributed by atoms with Crippen LogP contribution in [0.15, 0.2) is 15.1 Å². The SMILES string of the molecule is Cc1cc([C@@H]2CCCCCN2C(=O)c2c(C)noc2C)no1. The normalized spacial score (nSPS) is 19.2. The van der Waals surface area contributed by atoms with Gasteiger partial charge in [-0.2, -0.15) is 0 Å². The summed E-state index contributed by atoms with van der Waals surface area (Å²) in [6, 6.07) is 1.88. The number of aromatic nitrogens is 2. The molecule has 0 aliphatic carbocycles.